The molecule has 0 saturated heterocycles. The van der Waals surface area contributed by atoms with E-state index in [1.165, 1.54) is 0 Å². The summed E-state index contributed by atoms with van der Waals surface area (Å²) in [6.45, 7) is 8.14. The molecule has 0 aromatic rings. The summed E-state index contributed by atoms with van der Waals surface area (Å²) in [7, 11) is 0. The van der Waals surface area contributed by atoms with Crippen molar-refractivity contribution in [2.45, 2.75) is 53.4 Å². The summed E-state index contributed by atoms with van der Waals surface area (Å²) in [6.07, 6.45) is 9.69. The molecule has 3 heteroatoms. The second-order valence-corrected chi connectivity index (χ2v) is 9.38. The maximum Gasteiger partial charge on any atom is 0.202 e. The van der Waals surface area contributed by atoms with Crippen LogP contribution in [0.1, 0.15) is 53.4 Å². The molecule has 0 amide bonds. The van der Waals surface area contributed by atoms with Crippen LogP contribution in [0.25, 0.3) is 0 Å². The maximum absolute atomic E-state index is 12.7. The highest BCUT2D eigenvalue weighted by Crippen LogP contribution is 2.69. The van der Waals surface area contributed by atoms with Crippen molar-refractivity contribution >= 4 is 11.6 Å². The molecule has 1 N–H and O–H groups in total. The van der Waals surface area contributed by atoms with E-state index in [1.54, 1.807) is 6.08 Å². The normalized spacial score (nSPS) is 50.3. The van der Waals surface area contributed by atoms with Gasteiger partial charge in [-0.3, -0.25) is 9.59 Å². The highest BCUT2D eigenvalue weighted by Gasteiger charge is 2.66. The first-order valence-corrected chi connectivity index (χ1v) is 8.76. The lowest BCUT2D eigenvalue weighted by atomic mass is 9.41. The average molecular weight is 314 g/mol. The van der Waals surface area contributed by atoms with E-state index < -0.39 is 5.41 Å². The highest BCUT2D eigenvalue weighted by atomic mass is 16.3. The van der Waals surface area contributed by atoms with Gasteiger partial charge in [-0.15, -0.1) is 0 Å². The molecule has 3 nitrogen and oxygen atoms in total. The fraction of sp³-hybridized carbons (Fsp3) is 0.700. The molecule has 0 aromatic carbocycles. The molecular weight excluding hydrogens is 288 g/mol. The zero-order valence-corrected chi connectivity index (χ0v) is 14.5. The van der Waals surface area contributed by atoms with Gasteiger partial charge in [-0.2, -0.15) is 0 Å². The molecule has 0 radical (unpaired) electrons. The molecule has 0 aromatic heterocycles. The molecule has 23 heavy (non-hydrogen) atoms. The van der Waals surface area contributed by atoms with Gasteiger partial charge in [0.05, 0.1) is 0 Å². The predicted octanol–water partition coefficient (Wildman–Crippen LogP) is 4.00. The fourth-order valence-electron chi connectivity index (χ4n) is 6.54. The van der Waals surface area contributed by atoms with E-state index in [0.717, 1.165) is 19.3 Å². The molecule has 0 unspecified atom stereocenters. The molecular formula is C20H26O3. The molecule has 4 aliphatic rings. The standard InChI is InChI=1S/C20H26O3/c1-17(2)13-5-6-20-8-7-18(3,11-20)15(22)9-14(20)19(13,4)10-12(21)16(17)23/h7-8,10,13-14,21H,5-6,9,11H2,1-4H3/t13-,14-,18-,19-,20-/m1/s1. The SMILES string of the molecule is CC1(C)C(=O)C(O)=C[C@]2(C)[C@@H]1CC[C@@]13C=C[C@](C)(C1)C(=O)C[C@@H]32. The lowest BCUT2D eigenvalue weighted by Gasteiger charge is -2.61. The van der Waals surface area contributed by atoms with Gasteiger partial charge in [-0.1, -0.05) is 32.9 Å². The summed E-state index contributed by atoms with van der Waals surface area (Å²) in [4.78, 5) is 25.2. The van der Waals surface area contributed by atoms with Crippen LogP contribution in [0, 0.1) is 33.5 Å². The van der Waals surface area contributed by atoms with Crippen molar-refractivity contribution in [1.82, 2.24) is 0 Å². The van der Waals surface area contributed by atoms with Gasteiger partial charge in [0.25, 0.3) is 0 Å². The number of fused-ring (bicyclic) bond motifs is 3. The van der Waals surface area contributed by atoms with Crippen molar-refractivity contribution in [3.63, 3.8) is 0 Å². The molecule has 124 valence electrons. The molecule has 4 aliphatic carbocycles. The van der Waals surface area contributed by atoms with E-state index in [9.17, 15) is 14.7 Å². The second-order valence-electron chi connectivity index (χ2n) is 9.38. The minimum atomic E-state index is -0.568. The van der Waals surface area contributed by atoms with Gasteiger partial charge < -0.3 is 5.11 Å². The van der Waals surface area contributed by atoms with Gasteiger partial charge in [-0.25, -0.2) is 0 Å². The number of ketones is 2. The molecule has 2 bridgehead atoms. The minimum absolute atomic E-state index is 0.0567. The van der Waals surface area contributed by atoms with Crippen LogP contribution in [0.5, 0.6) is 0 Å². The summed E-state index contributed by atoms with van der Waals surface area (Å²) >= 11 is 0. The number of aliphatic hydroxyl groups is 1. The van der Waals surface area contributed by atoms with Gasteiger partial charge in [0.2, 0.25) is 5.78 Å². The average Bonchev–Trinajstić information content (AvgIpc) is 2.75. The van der Waals surface area contributed by atoms with Crippen LogP contribution >= 0.6 is 0 Å². The van der Waals surface area contributed by atoms with E-state index in [0.29, 0.717) is 12.2 Å². The van der Waals surface area contributed by atoms with Crippen LogP contribution in [0.4, 0.5) is 0 Å². The first kappa shape index (κ1) is 15.2. The van der Waals surface area contributed by atoms with Crippen LogP contribution in [0.2, 0.25) is 0 Å². The summed E-state index contributed by atoms with van der Waals surface area (Å²) in [5, 5.41) is 10.3. The largest absolute Gasteiger partial charge is 0.505 e. The van der Waals surface area contributed by atoms with Crippen LogP contribution in [-0.4, -0.2) is 16.7 Å². The number of carbonyl (C=O) groups is 2. The number of Topliss-reactive ketones (excluding diaryl/α,β-unsaturated/α-hetero) is 2. The smallest absolute Gasteiger partial charge is 0.202 e. The van der Waals surface area contributed by atoms with Gasteiger partial charge in [0, 0.05) is 17.3 Å². The number of hydrogen-bond acceptors (Lipinski definition) is 3. The lowest BCUT2D eigenvalue weighted by molar-refractivity contribution is -0.152. The van der Waals surface area contributed by atoms with Gasteiger partial charge in [0.15, 0.2) is 5.76 Å². The number of hydrogen-bond donors (Lipinski definition) is 1. The third kappa shape index (κ3) is 1.61. The first-order chi connectivity index (χ1) is 10.6. The zero-order valence-electron chi connectivity index (χ0n) is 14.5. The number of allylic oxidation sites excluding steroid dienone is 4. The Bertz CT molecular complexity index is 685. The molecule has 0 heterocycles. The fourth-order valence-corrected chi connectivity index (χ4v) is 6.54. The topological polar surface area (TPSA) is 54.4 Å². The summed E-state index contributed by atoms with van der Waals surface area (Å²) in [6, 6.07) is 0. The van der Waals surface area contributed by atoms with Crippen molar-refractivity contribution in [3.05, 3.63) is 24.0 Å². The quantitative estimate of drug-likeness (QED) is 0.688. The Morgan fingerprint density at radius 1 is 1.09 bits per heavy atom. The third-order valence-corrected chi connectivity index (χ3v) is 7.74. The van der Waals surface area contributed by atoms with Crippen molar-refractivity contribution in [1.29, 1.82) is 0 Å². The number of rotatable bonds is 0. The van der Waals surface area contributed by atoms with Crippen molar-refractivity contribution in [2.24, 2.45) is 33.5 Å². The van der Waals surface area contributed by atoms with Crippen molar-refractivity contribution in [2.75, 3.05) is 0 Å². The zero-order chi connectivity index (χ0) is 16.8. The van der Waals surface area contributed by atoms with Crippen LogP contribution in [-0.2, 0) is 9.59 Å². The van der Waals surface area contributed by atoms with Crippen molar-refractivity contribution < 1.29 is 14.7 Å². The van der Waals surface area contributed by atoms with Crippen molar-refractivity contribution in [3.8, 4) is 0 Å². The van der Waals surface area contributed by atoms with Gasteiger partial charge >= 0.3 is 0 Å². The molecule has 4 rings (SSSR count). The maximum atomic E-state index is 12.7. The lowest BCUT2D eigenvalue weighted by Crippen LogP contribution is -2.59. The molecule has 2 saturated carbocycles. The van der Waals surface area contributed by atoms with E-state index in [-0.39, 0.29) is 39.6 Å². The Kier molecular flexibility index (Phi) is 2.63. The summed E-state index contributed by atoms with van der Waals surface area (Å²) in [5.41, 5.74) is -1.11. The first-order valence-electron chi connectivity index (χ1n) is 8.76. The Morgan fingerprint density at radius 2 is 1.78 bits per heavy atom. The number of aliphatic hydroxyl groups excluding tert-OH is 1. The van der Waals surface area contributed by atoms with Crippen LogP contribution < -0.4 is 0 Å². The Hall–Kier alpha value is -1.38. The second kappa shape index (κ2) is 3.99. The Balaban J connectivity index is 1.88. The molecule has 2 fully saturated rings. The van der Waals surface area contributed by atoms with E-state index >= 15 is 0 Å². The van der Waals surface area contributed by atoms with Gasteiger partial charge in [-0.05, 0) is 54.9 Å². The Morgan fingerprint density at radius 3 is 2.48 bits per heavy atom. The number of carbonyl (C=O) groups excluding carboxylic acids is 2. The van der Waals surface area contributed by atoms with Crippen LogP contribution in [0.3, 0.4) is 0 Å². The molecule has 5 atom stereocenters. The predicted molar refractivity (Wildman–Crippen MR) is 87.7 cm³/mol. The third-order valence-electron chi connectivity index (χ3n) is 7.74. The minimum Gasteiger partial charge on any atom is -0.505 e. The highest BCUT2D eigenvalue weighted by molar-refractivity contribution is 5.99. The van der Waals surface area contributed by atoms with E-state index in [1.807, 2.05) is 13.8 Å². The summed E-state index contributed by atoms with van der Waals surface area (Å²) in [5.74, 6) is 0.428. The van der Waals surface area contributed by atoms with Gasteiger partial charge in [0.1, 0.15) is 5.78 Å². The molecule has 0 aliphatic heterocycles. The monoisotopic (exact) mass is 314 g/mol. The van der Waals surface area contributed by atoms with E-state index in [2.05, 4.69) is 26.0 Å². The Labute approximate surface area is 137 Å². The molecule has 1 spiro atoms. The van der Waals surface area contributed by atoms with E-state index in [4.69, 9.17) is 0 Å². The van der Waals surface area contributed by atoms with Crippen LogP contribution in [0.15, 0.2) is 24.0 Å². The summed E-state index contributed by atoms with van der Waals surface area (Å²) < 4.78 is 0.